The Morgan fingerprint density at radius 1 is 0.949 bits per heavy atom. The van der Waals surface area contributed by atoms with Crippen LogP contribution in [0.25, 0.3) is 11.4 Å². The molecule has 0 radical (unpaired) electrons. The van der Waals surface area contributed by atoms with E-state index in [1.807, 2.05) is 37.3 Å². The van der Waals surface area contributed by atoms with Gasteiger partial charge in [0.15, 0.2) is 5.82 Å². The number of hydrogen-bond donors (Lipinski definition) is 0. The highest BCUT2D eigenvalue weighted by Gasteiger charge is 2.31. The fourth-order valence-electron chi connectivity index (χ4n) is 4.58. The van der Waals surface area contributed by atoms with Crippen molar-refractivity contribution < 1.29 is 27.5 Å². The minimum atomic E-state index is -4.47. The van der Waals surface area contributed by atoms with Crippen LogP contribution in [-0.4, -0.2) is 59.5 Å². The molecule has 10 heteroatoms. The lowest BCUT2D eigenvalue weighted by Crippen LogP contribution is -2.49. The lowest BCUT2D eigenvalue weighted by atomic mass is 10.0. The van der Waals surface area contributed by atoms with E-state index in [9.17, 15) is 22.8 Å². The molecule has 1 aliphatic heterocycles. The van der Waals surface area contributed by atoms with E-state index in [-0.39, 0.29) is 36.7 Å². The molecule has 1 aliphatic rings. The van der Waals surface area contributed by atoms with Gasteiger partial charge in [-0.15, -0.1) is 0 Å². The average Bonchev–Trinajstić information content (AvgIpc) is 2.93. The molecule has 2 heterocycles. The Kier molecular flexibility index (Phi) is 8.83. The number of anilines is 1. The third kappa shape index (κ3) is 7.13. The molecule has 0 saturated carbocycles. The van der Waals surface area contributed by atoms with Gasteiger partial charge < -0.3 is 14.5 Å². The highest BCUT2D eigenvalue weighted by Crippen LogP contribution is 2.33. The first-order chi connectivity index (χ1) is 18.7. The Bertz CT molecular complexity index is 1310. The van der Waals surface area contributed by atoms with Gasteiger partial charge in [0.25, 0.3) is 0 Å². The van der Waals surface area contributed by atoms with Crippen molar-refractivity contribution >= 4 is 17.7 Å². The van der Waals surface area contributed by atoms with Gasteiger partial charge in [-0.25, -0.2) is 9.97 Å². The molecular formula is C29H31F3N4O3. The van der Waals surface area contributed by atoms with E-state index >= 15 is 0 Å². The second kappa shape index (κ2) is 12.3. The van der Waals surface area contributed by atoms with Crippen molar-refractivity contribution in [2.24, 2.45) is 0 Å². The minimum absolute atomic E-state index is 0.0412. The molecule has 39 heavy (non-hydrogen) atoms. The Morgan fingerprint density at radius 3 is 2.33 bits per heavy atom. The summed E-state index contributed by atoms with van der Waals surface area (Å²) in [6.45, 7) is 5.70. The number of aryl methyl sites for hydroxylation is 1. The van der Waals surface area contributed by atoms with E-state index in [2.05, 4.69) is 9.88 Å². The molecule has 0 N–H and O–H groups in total. The number of amides is 1. The number of hydrogen-bond acceptors (Lipinski definition) is 6. The van der Waals surface area contributed by atoms with Crippen LogP contribution >= 0.6 is 0 Å². The fourth-order valence-corrected chi connectivity index (χ4v) is 4.58. The topological polar surface area (TPSA) is 75.6 Å². The van der Waals surface area contributed by atoms with Crippen molar-refractivity contribution in [3.05, 3.63) is 77.0 Å². The summed E-state index contributed by atoms with van der Waals surface area (Å²) < 4.78 is 45.0. The Morgan fingerprint density at radius 2 is 1.67 bits per heavy atom. The number of carbonyl (C=O) groups is 2. The fraction of sp³-hybridized carbons (Fsp3) is 0.379. The Hall–Kier alpha value is -3.95. The van der Waals surface area contributed by atoms with Crippen LogP contribution in [0.2, 0.25) is 0 Å². The minimum Gasteiger partial charge on any atom is -0.466 e. The van der Waals surface area contributed by atoms with Gasteiger partial charge in [0.05, 0.1) is 18.6 Å². The van der Waals surface area contributed by atoms with E-state index < -0.39 is 17.7 Å². The van der Waals surface area contributed by atoms with Gasteiger partial charge in [0.1, 0.15) is 5.82 Å². The summed E-state index contributed by atoms with van der Waals surface area (Å²) in [7, 11) is 0. The summed E-state index contributed by atoms with van der Waals surface area (Å²) in [5.41, 5.74) is 2.16. The SMILES string of the molecule is CCOC(=O)CCC(=O)N1CCN(c2nc(-c3cccc(C(F)(F)F)c3)nc(C)c2Cc2ccccc2)CC1. The first-order valence-electron chi connectivity index (χ1n) is 12.9. The number of aromatic nitrogens is 2. The lowest BCUT2D eigenvalue weighted by molar-refractivity contribution is -0.145. The summed E-state index contributed by atoms with van der Waals surface area (Å²) in [5.74, 6) is 0.361. The van der Waals surface area contributed by atoms with Crippen LogP contribution in [0.5, 0.6) is 0 Å². The molecule has 0 bridgehead atoms. The first-order valence-corrected chi connectivity index (χ1v) is 12.9. The summed E-state index contributed by atoms with van der Waals surface area (Å²) >= 11 is 0. The van der Waals surface area contributed by atoms with Gasteiger partial charge >= 0.3 is 12.1 Å². The maximum Gasteiger partial charge on any atom is 0.416 e. The lowest BCUT2D eigenvalue weighted by Gasteiger charge is -2.36. The third-order valence-corrected chi connectivity index (χ3v) is 6.64. The maximum absolute atomic E-state index is 13.4. The third-order valence-electron chi connectivity index (χ3n) is 6.64. The Balaban J connectivity index is 1.60. The molecule has 7 nitrogen and oxygen atoms in total. The summed E-state index contributed by atoms with van der Waals surface area (Å²) in [6.07, 6.45) is -3.79. The van der Waals surface area contributed by atoms with Crippen molar-refractivity contribution in [3.63, 3.8) is 0 Å². The van der Waals surface area contributed by atoms with E-state index in [1.165, 1.54) is 6.07 Å². The number of rotatable bonds is 8. The van der Waals surface area contributed by atoms with Gasteiger partial charge in [0.2, 0.25) is 5.91 Å². The maximum atomic E-state index is 13.4. The number of carbonyl (C=O) groups excluding carboxylic acids is 2. The van der Waals surface area contributed by atoms with E-state index in [1.54, 1.807) is 17.9 Å². The number of nitrogens with zero attached hydrogens (tertiary/aromatic N) is 4. The van der Waals surface area contributed by atoms with Crippen LogP contribution in [0.15, 0.2) is 54.6 Å². The van der Waals surface area contributed by atoms with Crippen LogP contribution < -0.4 is 4.90 Å². The van der Waals surface area contributed by atoms with Crippen molar-refractivity contribution in [2.45, 2.75) is 39.3 Å². The van der Waals surface area contributed by atoms with Crippen LogP contribution in [0.4, 0.5) is 19.0 Å². The van der Waals surface area contributed by atoms with Gasteiger partial charge in [-0.05, 0) is 31.5 Å². The second-order valence-electron chi connectivity index (χ2n) is 9.35. The highest BCUT2D eigenvalue weighted by molar-refractivity contribution is 5.81. The number of alkyl halides is 3. The predicted octanol–water partition coefficient (Wildman–Crippen LogP) is 5.05. The monoisotopic (exact) mass is 540 g/mol. The zero-order valence-electron chi connectivity index (χ0n) is 22.0. The molecular weight excluding hydrogens is 509 g/mol. The second-order valence-corrected chi connectivity index (χ2v) is 9.35. The van der Waals surface area contributed by atoms with Crippen molar-refractivity contribution in [3.8, 4) is 11.4 Å². The number of benzene rings is 2. The van der Waals surface area contributed by atoms with Crippen LogP contribution in [0.1, 0.15) is 42.1 Å². The molecule has 2 aromatic carbocycles. The summed E-state index contributed by atoms with van der Waals surface area (Å²) in [4.78, 5) is 37.4. The molecule has 206 valence electrons. The van der Waals surface area contributed by atoms with Crippen LogP contribution in [0, 0.1) is 6.92 Å². The smallest absolute Gasteiger partial charge is 0.416 e. The predicted molar refractivity (Wildman–Crippen MR) is 141 cm³/mol. The molecule has 0 spiro atoms. The number of ether oxygens (including phenoxy) is 1. The molecule has 0 atom stereocenters. The van der Waals surface area contributed by atoms with Crippen molar-refractivity contribution in [2.75, 3.05) is 37.7 Å². The highest BCUT2D eigenvalue weighted by atomic mass is 19.4. The van der Waals surface area contributed by atoms with Crippen molar-refractivity contribution in [1.82, 2.24) is 14.9 Å². The average molecular weight is 541 g/mol. The standard InChI is InChI=1S/C29H31F3N4O3/c1-3-39-26(38)13-12-25(37)35-14-16-36(17-15-35)28-24(18-21-8-5-4-6-9-21)20(2)33-27(34-28)22-10-7-11-23(19-22)29(30,31)32/h4-11,19H,3,12-18H2,1-2H3. The van der Waals surface area contributed by atoms with Crippen LogP contribution in [0.3, 0.4) is 0 Å². The molecule has 1 amide bonds. The molecule has 0 unspecified atom stereocenters. The molecule has 0 aliphatic carbocycles. The molecule has 4 rings (SSSR count). The zero-order valence-corrected chi connectivity index (χ0v) is 22.0. The van der Waals surface area contributed by atoms with Gasteiger partial charge in [-0.3, -0.25) is 9.59 Å². The van der Waals surface area contributed by atoms with E-state index in [0.717, 1.165) is 23.3 Å². The van der Waals surface area contributed by atoms with E-state index in [0.29, 0.717) is 44.1 Å². The summed E-state index contributed by atoms with van der Waals surface area (Å²) in [6, 6.07) is 14.9. The number of halogens is 3. The number of piperazine rings is 1. The first kappa shape index (κ1) is 28.1. The van der Waals surface area contributed by atoms with Crippen LogP contribution in [-0.2, 0) is 26.9 Å². The molecule has 1 saturated heterocycles. The van der Waals surface area contributed by atoms with Crippen molar-refractivity contribution in [1.29, 1.82) is 0 Å². The molecule has 1 aromatic heterocycles. The zero-order chi connectivity index (χ0) is 28.0. The van der Waals surface area contributed by atoms with Gasteiger partial charge in [-0.2, -0.15) is 13.2 Å². The summed E-state index contributed by atoms with van der Waals surface area (Å²) in [5, 5.41) is 0. The number of esters is 1. The molecule has 1 fully saturated rings. The normalized spacial score (nSPS) is 13.9. The largest absolute Gasteiger partial charge is 0.466 e. The molecule has 3 aromatic rings. The quantitative estimate of drug-likeness (QED) is 0.372. The van der Waals surface area contributed by atoms with Gasteiger partial charge in [0, 0.05) is 55.8 Å². The van der Waals surface area contributed by atoms with Gasteiger partial charge in [-0.1, -0.05) is 42.5 Å². The van der Waals surface area contributed by atoms with E-state index in [4.69, 9.17) is 9.72 Å². The Labute approximate surface area is 225 Å².